The van der Waals surface area contributed by atoms with Crippen LogP contribution in [0.2, 0.25) is 0 Å². The van der Waals surface area contributed by atoms with E-state index in [0.717, 1.165) is 0 Å². The fourth-order valence-electron chi connectivity index (χ4n) is 3.44. The number of aliphatic hydroxyl groups is 1. The highest BCUT2D eigenvalue weighted by molar-refractivity contribution is 5.95. The molecule has 39 heavy (non-hydrogen) atoms. The van der Waals surface area contributed by atoms with Crippen LogP contribution in [-0.4, -0.2) is 97.7 Å². The quantitative estimate of drug-likeness (QED) is 0.0949. The van der Waals surface area contributed by atoms with Crippen LogP contribution in [0.25, 0.3) is 0 Å². The highest BCUT2D eigenvalue weighted by Gasteiger charge is 2.34. The Morgan fingerprint density at radius 3 is 2.00 bits per heavy atom. The minimum absolute atomic E-state index is 0.0380. The van der Waals surface area contributed by atoms with Gasteiger partial charge in [0.25, 0.3) is 0 Å². The highest BCUT2D eigenvalue weighted by Crippen LogP contribution is 2.07. The first-order valence-electron chi connectivity index (χ1n) is 12.3. The van der Waals surface area contributed by atoms with Gasteiger partial charge in [0.15, 0.2) is 0 Å². The van der Waals surface area contributed by atoms with Gasteiger partial charge in [0.1, 0.15) is 24.2 Å². The van der Waals surface area contributed by atoms with Crippen molar-refractivity contribution in [3.63, 3.8) is 0 Å². The monoisotopic (exact) mass is 555 g/mol. The Kier molecular flexibility index (Phi) is 13.6. The standard InChI is InChI=1S/C23H37N7O9/c1-11(2)18(21(36)28-14(23(38)39)4-5-17(33)34)29-22(37)19(12(3)31)30-20(35)15(27-16(32)6-7-24)8-13-9-25-10-26-13/h9-12,14-15,18-19,31H,4-8,24H2,1-3H3,(H,25,26)(H,27,32)(H,28,36)(H,29,37)(H,30,35)(H,33,34)(H,38,39)/t12-,14+,15+,18+,19+/m1/s1. The number of nitrogens with one attached hydrogen (secondary N) is 5. The maximum atomic E-state index is 13.1. The second-order valence-electron chi connectivity index (χ2n) is 9.21. The normalized spacial score (nSPS) is 14.8. The molecule has 0 saturated carbocycles. The van der Waals surface area contributed by atoms with Gasteiger partial charge in [-0.3, -0.25) is 24.0 Å². The van der Waals surface area contributed by atoms with Crippen molar-refractivity contribution in [1.29, 1.82) is 0 Å². The SMILES string of the molecule is CC(C)[C@H](NC(=O)[C@@H](NC(=O)[C@H](Cc1c[nH]cn1)NC(=O)CCN)[C@@H](C)O)C(=O)N[C@@H](CCC(=O)O)C(=O)O. The summed E-state index contributed by atoms with van der Waals surface area (Å²) in [5, 5.41) is 37.9. The molecule has 16 heteroatoms. The molecule has 0 aliphatic rings. The topological polar surface area (TPSA) is 266 Å². The number of carboxylic acid groups (broad SMARTS) is 2. The number of aromatic amines is 1. The Labute approximate surface area is 224 Å². The van der Waals surface area contributed by atoms with E-state index in [9.17, 15) is 39.0 Å². The number of aliphatic hydroxyl groups excluding tert-OH is 1. The summed E-state index contributed by atoms with van der Waals surface area (Å²) in [6.07, 6.45) is 0.482. The number of rotatable bonds is 17. The lowest BCUT2D eigenvalue weighted by atomic mass is 10.0. The molecule has 0 aliphatic carbocycles. The van der Waals surface area contributed by atoms with Crippen molar-refractivity contribution in [2.45, 2.75) is 76.7 Å². The van der Waals surface area contributed by atoms with Gasteiger partial charge in [-0.05, 0) is 19.3 Å². The molecule has 1 rings (SSSR count). The number of imidazole rings is 1. The van der Waals surface area contributed by atoms with Crippen LogP contribution in [0.1, 0.15) is 45.7 Å². The lowest BCUT2D eigenvalue weighted by molar-refractivity contribution is -0.143. The van der Waals surface area contributed by atoms with Gasteiger partial charge >= 0.3 is 11.9 Å². The maximum Gasteiger partial charge on any atom is 0.326 e. The van der Waals surface area contributed by atoms with Gasteiger partial charge in [-0.15, -0.1) is 0 Å². The summed E-state index contributed by atoms with van der Waals surface area (Å²) in [7, 11) is 0. The molecule has 0 saturated heterocycles. The zero-order chi connectivity index (χ0) is 29.7. The molecule has 16 nitrogen and oxygen atoms in total. The van der Waals surface area contributed by atoms with Crippen molar-refractivity contribution in [3.8, 4) is 0 Å². The van der Waals surface area contributed by atoms with E-state index in [4.69, 9.17) is 10.8 Å². The predicted octanol–water partition coefficient (Wildman–Crippen LogP) is -2.77. The van der Waals surface area contributed by atoms with E-state index in [1.54, 1.807) is 13.8 Å². The molecule has 0 unspecified atom stereocenters. The van der Waals surface area contributed by atoms with E-state index in [1.807, 2.05) is 0 Å². The van der Waals surface area contributed by atoms with Crippen LogP contribution >= 0.6 is 0 Å². The summed E-state index contributed by atoms with van der Waals surface area (Å²) in [5.41, 5.74) is 5.83. The summed E-state index contributed by atoms with van der Waals surface area (Å²) in [6, 6.07) is -5.52. The van der Waals surface area contributed by atoms with Crippen LogP contribution in [0.15, 0.2) is 12.5 Å². The predicted molar refractivity (Wildman–Crippen MR) is 135 cm³/mol. The van der Waals surface area contributed by atoms with Crippen molar-refractivity contribution in [3.05, 3.63) is 18.2 Å². The Morgan fingerprint density at radius 1 is 0.897 bits per heavy atom. The second-order valence-corrected chi connectivity index (χ2v) is 9.21. The van der Waals surface area contributed by atoms with Crippen molar-refractivity contribution in [2.24, 2.45) is 11.7 Å². The number of carbonyl (C=O) groups excluding carboxylic acids is 4. The third kappa shape index (κ3) is 11.5. The lowest BCUT2D eigenvalue weighted by Gasteiger charge is -2.28. The van der Waals surface area contributed by atoms with E-state index in [2.05, 4.69) is 31.2 Å². The molecular formula is C23H37N7O9. The minimum Gasteiger partial charge on any atom is -0.481 e. The third-order valence-electron chi connectivity index (χ3n) is 5.56. The molecule has 10 N–H and O–H groups in total. The summed E-state index contributed by atoms with van der Waals surface area (Å²) < 4.78 is 0. The average Bonchev–Trinajstić information content (AvgIpc) is 3.35. The van der Waals surface area contributed by atoms with Crippen molar-refractivity contribution < 1.29 is 44.1 Å². The first-order valence-corrected chi connectivity index (χ1v) is 12.3. The van der Waals surface area contributed by atoms with E-state index in [1.165, 1.54) is 19.4 Å². The van der Waals surface area contributed by atoms with Gasteiger partial charge in [-0.2, -0.15) is 0 Å². The zero-order valence-corrected chi connectivity index (χ0v) is 22.0. The van der Waals surface area contributed by atoms with E-state index >= 15 is 0 Å². The van der Waals surface area contributed by atoms with E-state index < -0.39 is 78.2 Å². The molecule has 0 aromatic carbocycles. The molecule has 0 aliphatic heterocycles. The van der Waals surface area contributed by atoms with Crippen LogP contribution in [0.4, 0.5) is 0 Å². The molecule has 0 radical (unpaired) electrons. The Balaban J connectivity index is 3.03. The number of aliphatic carboxylic acids is 2. The third-order valence-corrected chi connectivity index (χ3v) is 5.56. The smallest absolute Gasteiger partial charge is 0.326 e. The molecule has 0 bridgehead atoms. The molecule has 218 valence electrons. The van der Waals surface area contributed by atoms with Crippen LogP contribution in [0, 0.1) is 5.92 Å². The molecule has 1 heterocycles. The van der Waals surface area contributed by atoms with Crippen LogP contribution in [0.5, 0.6) is 0 Å². The van der Waals surface area contributed by atoms with Gasteiger partial charge in [-0.1, -0.05) is 13.8 Å². The maximum absolute atomic E-state index is 13.1. The van der Waals surface area contributed by atoms with Gasteiger partial charge in [-0.25, -0.2) is 9.78 Å². The average molecular weight is 556 g/mol. The fourth-order valence-corrected chi connectivity index (χ4v) is 3.44. The number of nitrogens with zero attached hydrogens (tertiary/aromatic N) is 1. The van der Waals surface area contributed by atoms with Crippen LogP contribution < -0.4 is 27.0 Å². The van der Waals surface area contributed by atoms with Gasteiger partial charge < -0.3 is 47.3 Å². The van der Waals surface area contributed by atoms with Gasteiger partial charge in [0.05, 0.1) is 18.1 Å². The fraction of sp³-hybridized carbons (Fsp3) is 0.609. The molecule has 4 amide bonds. The number of nitrogens with two attached hydrogens (primary N) is 1. The molecule has 1 aromatic rings. The number of amides is 4. The van der Waals surface area contributed by atoms with Gasteiger partial charge in [0.2, 0.25) is 23.6 Å². The second kappa shape index (κ2) is 16.0. The Morgan fingerprint density at radius 2 is 1.51 bits per heavy atom. The molecule has 0 spiro atoms. The number of aromatic nitrogens is 2. The summed E-state index contributed by atoms with van der Waals surface area (Å²) in [5.74, 6) is -6.42. The van der Waals surface area contributed by atoms with Crippen molar-refractivity contribution in [1.82, 2.24) is 31.2 Å². The Hall–Kier alpha value is -4.05. The highest BCUT2D eigenvalue weighted by atomic mass is 16.4. The van der Waals surface area contributed by atoms with Crippen molar-refractivity contribution >= 4 is 35.6 Å². The number of hydrogen-bond donors (Lipinski definition) is 9. The van der Waals surface area contributed by atoms with Crippen LogP contribution in [0.3, 0.4) is 0 Å². The summed E-state index contributed by atoms with van der Waals surface area (Å²) in [4.78, 5) is 80.0. The number of H-pyrrole nitrogens is 1. The molecule has 0 fully saturated rings. The summed E-state index contributed by atoms with van der Waals surface area (Å²) in [6.45, 7) is 4.41. The molecular weight excluding hydrogens is 518 g/mol. The minimum atomic E-state index is -1.55. The van der Waals surface area contributed by atoms with Crippen LogP contribution in [-0.2, 0) is 35.2 Å². The van der Waals surface area contributed by atoms with Gasteiger partial charge in [0, 0.05) is 32.0 Å². The molecule has 1 aromatic heterocycles. The first-order chi connectivity index (χ1) is 18.3. The first kappa shape index (κ1) is 33.0. The Bertz CT molecular complexity index is 998. The number of carbonyl (C=O) groups is 6. The summed E-state index contributed by atoms with van der Waals surface area (Å²) >= 11 is 0. The largest absolute Gasteiger partial charge is 0.481 e. The zero-order valence-electron chi connectivity index (χ0n) is 22.0. The van der Waals surface area contributed by atoms with E-state index in [-0.39, 0.29) is 25.8 Å². The lowest BCUT2D eigenvalue weighted by Crippen LogP contribution is -2.61. The molecule has 5 atom stereocenters. The number of hydrogen-bond acceptors (Lipinski definition) is 9. The number of carboxylic acids is 2. The van der Waals surface area contributed by atoms with Crippen molar-refractivity contribution in [2.75, 3.05) is 6.54 Å². The van der Waals surface area contributed by atoms with E-state index in [0.29, 0.717) is 5.69 Å².